The molecule has 0 radical (unpaired) electrons. The van der Waals surface area contributed by atoms with Crippen LogP contribution < -0.4 is 0 Å². The Kier molecular flexibility index (Phi) is 7.46. The van der Waals surface area contributed by atoms with Gasteiger partial charge in [0.05, 0.1) is 11.4 Å². The zero-order valence-corrected chi connectivity index (χ0v) is 30.2. The molecule has 0 saturated carbocycles. The van der Waals surface area contributed by atoms with E-state index in [0.29, 0.717) is 5.82 Å². The Morgan fingerprint density at radius 2 is 0.786 bits per heavy atom. The molecule has 262 valence electrons. The van der Waals surface area contributed by atoms with Crippen molar-refractivity contribution in [1.29, 1.82) is 0 Å². The number of rotatable bonds is 6. The van der Waals surface area contributed by atoms with Crippen LogP contribution >= 0.6 is 0 Å². The lowest BCUT2D eigenvalue weighted by atomic mass is 9.92. The van der Waals surface area contributed by atoms with Crippen LogP contribution in [-0.2, 0) is 0 Å². The van der Waals surface area contributed by atoms with E-state index in [1.807, 2.05) is 54.6 Å². The second-order valence-electron chi connectivity index (χ2n) is 14.1. The summed E-state index contributed by atoms with van der Waals surface area (Å²) in [5.74, 6) is 0.689. The molecule has 0 amide bonds. The van der Waals surface area contributed by atoms with Crippen molar-refractivity contribution in [3.05, 3.63) is 194 Å². The van der Waals surface area contributed by atoms with Gasteiger partial charge in [-0.1, -0.05) is 164 Å². The van der Waals surface area contributed by atoms with Gasteiger partial charge in [0, 0.05) is 43.8 Å². The predicted molar refractivity (Wildman–Crippen MR) is 229 cm³/mol. The fraction of sp³-hybridized carbons (Fsp3) is 0. The van der Waals surface area contributed by atoms with Crippen molar-refractivity contribution in [2.24, 2.45) is 0 Å². The summed E-state index contributed by atoms with van der Waals surface area (Å²) in [5, 5.41) is 4.38. The first-order chi connectivity index (χ1) is 27.7. The first-order valence-electron chi connectivity index (χ1n) is 18.8. The van der Waals surface area contributed by atoms with E-state index in [4.69, 9.17) is 18.8 Å². The summed E-state index contributed by atoms with van der Waals surface area (Å²) >= 11 is 0. The highest BCUT2D eigenvalue weighted by molar-refractivity contribution is 6.21. The average Bonchev–Trinajstić information content (AvgIpc) is 3.86. The van der Waals surface area contributed by atoms with Crippen LogP contribution in [0.1, 0.15) is 0 Å². The van der Waals surface area contributed by atoms with Crippen molar-refractivity contribution in [3.63, 3.8) is 0 Å². The molecule has 3 heterocycles. The third-order valence-electron chi connectivity index (χ3n) is 10.8. The van der Waals surface area contributed by atoms with Crippen molar-refractivity contribution in [2.45, 2.75) is 0 Å². The summed E-state index contributed by atoms with van der Waals surface area (Å²) in [4.78, 5) is 10.2. The van der Waals surface area contributed by atoms with Gasteiger partial charge in [-0.3, -0.25) is 0 Å². The monoisotopic (exact) mass is 716 g/mol. The first kappa shape index (κ1) is 31.9. The minimum atomic E-state index is 0.689. The molecule has 11 rings (SSSR count). The number of hydrogen-bond acceptors (Lipinski definition) is 4. The lowest BCUT2D eigenvalue weighted by Crippen LogP contribution is -1.96. The Hall–Kier alpha value is -7.56. The number of furan rings is 2. The van der Waals surface area contributed by atoms with Crippen LogP contribution in [0.4, 0.5) is 0 Å². The highest BCUT2D eigenvalue weighted by atomic mass is 16.3. The SMILES string of the molecule is c1ccc(-c2ccc(-c3cc(-c4ccc(-c5ccc(-c6cccc7oc8ccccc8c67)c6c5oc5ccccc56)cc4)nc(-c4ccccc4)n3)cc2)cc1. The molecule has 4 nitrogen and oxygen atoms in total. The van der Waals surface area contributed by atoms with Gasteiger partial charge in [0.1, 0.15) is 22.3 Å². The largest absolute Gasteiger partial charge is 0.456 e. The lowest BCUT2D eigenvalue weighted by molar-refractivity contribution is 0.668. The fourth-order valence-electron chi connectivity index (χ4n) is 8.02. The molecular formula is C52H32N2O2. The zero-order chi connectivity index (χ0) is 37.0. The number of benzene rings is 8. The number of aromatic nitrogens is 2. The van der Waals surface area contributed by atoms with Crippen molar-refractivity contribution in [2.75, 3.05) is 0 Å². The fourth-order valence-corrected chi connectivity index (χ4v) is 8.02. The third kappa shape index (κ3) is 5.39. The van der Waals surface area contributed by atoms with Gasteiger partial charge in [-0.2, -0.15) is 0 Å². The van der Waals surface area contributed by atoms with E-state index in [2.05, 4.69) is 140 Å². The van der Waals surface area contributed by atoms with Gasteiger partial charge in [0.15, 0.2) is 5.82 Å². The summed E-state index contributed by atoms with van der Waals surface area (Å²) in [6.07, 6.45) is 0. The molecular weight excluding hydrogens is 685 g/mol. The van der Waals surface area contributed by atoms with Gasteiger partial charge in [0.2, 0.25) is 0 Å². The Bertz CT molecular complexity index is 3220. The number of para-hydroxylation sites is 2. The lowest BCUT2D eigenvalue weighted by Gasteiger charge is -2.12. The maximum Gasteiger partial charge on any atom is 0.160 e. The van der Waals surface area contributed by atoms with Gasteiger partial charge in [-0.05, 0) is 58.1 Å². The van der Waals surface area contributed by atoms with E-state index in [1.54, 1.807) is 0 Å². The Morgan fingerprint density at radius 1 is 0.304 bits per heavy atom. The molecule has 56 heavy (non-hydrogen) atoms. The standard InChI is InChI=1S/C52H32N2O2/c1-3-12-33(13-4-1)34-22-26-36(27-23-34)44-32-45(54-52(53-44)38-14-5-2-6-15-38)37-28-24-35(25-29-37)39-30-31-41(50-43-17-8-10-20-47(43)56-51(39)50)40-18-11-21-48-49(40)42-16-7-9-19-46(42)55-48/h1-32H. The van der Waals surface area contributed by atoms with Crippen LogP contribution in [0.2, 0.25) is 0 Å². The highest BCUT2D eigenvalue weighted by Gasteiger charge is 2.20. The second kappa shape index (κ2) is 13.1. The van der Waals surface area contributed by atoms with Crippen molar-refractivity contribution < 1.29 is 8.83 Å². The highest BCUT2D eigenvalue weighted by Crippen LogP contribution is 2.45. The number of hydrogen-bond donors (Lipinski definition) is 0. The summed E-state index contributed by atoms with van der Waals surface area (Å²) in [6, 6.07) is 67.2. The van der Waals surface area contributed by atoms with Gasteiger partial charge in [-0.25, -0.2) is 9.97 Å². The molecule has 0 saturated heterocycles. The van der Waals surface area contributed by atoms with E-state index < -0.39 is 0 Å². The number of nitrogens with zero attached hydrogens (tertiary/aromatic N) is 2. The maximum absolute atomic E-state index is 6.72. The van der Waals surface area contributed by atoms with Crippen LogP contribution in [0.3, 0.4) is 0 Å². The zero-order valence-electron chi connectivity index (χ0n) is 30.2. The third-order valence-corrected chi connectivity index (χ3v) is 10.8. The van der Waals surface area contributed by atoms with Crippen molar-refractivity contribution in [1.82, 2.24) is 9.97 Å². The molecule has 0 aliphatic rings. The molecule has 0 unspecified atom stereocenters. The summed E-state index contributed by atoms with van der Waals surface area (Å²) in [6.45, 7) is 0. The van der Waals surface area contributed by atoms with E-state index >= 15 is 0 Å². The van der Waals surface area contributed by atoms with Gasteiger partial charge in [0.25, 0.3) is 0 Å². The van der Waals surface area contributed by atoms with E-state index in [0.717, 1.165) is 94.2 Å². The Balaban J connectivity index is 1.02. The molecule has 3 aromatic heterocycles. The normalized spacial score (nSPS) is 11.6. The molecule has 0 bridgehead atoms. The average molecular weight is 717 g/mol. The van der Waals surface area contributed by atoms with Crippen LogP contribution in [-0.4, -0.2) is 9.97 Å². The van der Waals surface area contributed by atoms with Gasteiger partial charge >= 0.3 is 0 Å². The van der Waals surface area contributed by atoms with Crippen LogP contribution in [0.25, 0.3) is 111 Å². The van der Waals surface area contributed by atoms with E-state index in [9.17, 15) is 0 Å². The van der Waals surface area contributed by atoms with Crippen LogP contribution in [0.5, 0.6) is 0 Å². The van der Waals surface area contributed by atoms with Gasteiger partial charge in [-0.15, -0.1) is 0 Å². The van der Waals surface area contributed by atoms with E-state index in [1.165, 1.54) is 11.1 Å². The minimum absolute atomic E-state index is 0.689. The molecule has 0 N–H and O–H groups in total. The smallest absolute Gasteiger partial charge is 0.160 e. The summed E-state index contributed by atoms with van der Waals surface area (Å²) < 4.78 is 13.0. The van der Waals surface area contributed by atoms with Crippen LogP contribution in [0.15, 0.2) is 203 Å². The molecule has 8 aromatic carbocycles. The van der Waals surface area contributed by atoms with E-state index in [-0.39, 0.29) is 0 Å². The molecule has 0 spiro atoms. The summed E-state index contributed by atoms with van der Waals surface area (Å²) in [7, 11) is 0. The molecule has 0 fully saturated rings. The second-order valence-corrected chi connectivity index (χ2v) is 14.1. The molecule has 0 aliphatic heterocycles. The number of fused-ring (bicyclic) bond motifs is 6. The maximum atomic E-state index is 6.72. The summed E-state index contributed by atoms with van der Waals surface area (Å²) in [5.41, 5.74) is 14.9. The first-order valence-corrected chi connectivity index (χ1v) is 18.8. The van der Waals surface area contributed by atoms with Crippen molar-refractivity contribution in [3.8, 4) is 67.3 Å². The Morgan fingerprint density at radius 3 is 1.46 bits per heavy atom. The minimum Gasteiger partial charge on any atom is -0.456 e. The molecule has 0 atom stereocenters. The molecule has 11 aromatic rings. The predicted octanol–water partition coefficient (Wildman–Crippen LogP) is 14.3. The quantitative estimate of drug-likeness (QED) is 0.172. The molecule has 4 heteroatoms. The van der Waals surface area contributed by atoms with Crippen molar-refractivity contribution >= 4 is 43.9 Å². The Labute approximate surface area is 323 Å². The topological polar surface area (TPSA) is 52.1 Å². The van der Waals surface area contributed by atoms with Gasteiger partial charge < -0.3 is 8.83 Å². The molecule has 0 aliphatic carbocycles. The van der Waals surface area contributed by atoms with Crippen LogP contribution in [0, 0.1) is 0 Å².